The number of carbonyl (C=O) groups is 2. The molecule has 0 bridgehead atoms. The van der Waals surface area contributed by atoms with Crippen molar-refractivity contribution in [1.29, 1.82) is 0 Å². The van der Waals surface area contributed by atoms with Gasteiger partial charge in [0.25, 0.3) is 5.91 Å². The number of amides is 2. The van der Waals surface area contributed by atoms with E-state index in [-0.39, 0.29) is 24.1 Å². The third-order valence-corrected chi connectivity index (χ3v) is 5.24. The van der Waals surface area contributed by atoms with E-state index < -0.39 is 0 Å². The van der Waals surface area contributed by atoms with E-state index in [4.69, 9.17) is 11.6 Å². The Morgan fingerprint density at radius 2 is 2.04 bits per heavy atom. The number of nitrogens with one attached hydrogen (secondary N) is 2. The number of thioether (sulfide) groups is 1. The van der Waals surface area contributed by atoms with Gasteiger partial charge in [0.2, 0.25) is 5.91 Å². The predicted octanol–water partition coefficient (Wildman–Crippen LogP) is 2.30. The second kappa shape index (κ2) is 8.37. The Morgan fingerprint density at radius 1 is 1.30 bits per heavy atom. The molecule has 0 aliphatic heterocycles. The van der Waals surface area contributed by atoms with Gasteiger partial charge in [-0.1, -0.05) is 11.6 Å². The zero-order chi connectivity index (χ0) is 16.8. The minimum atomic E-state index is -0.320. The van der Waals surface area contributed by atoms with E-state index in [1.165, 1.54) is 23.1 Å². The molecule has 0 aliphatic rings. The first-order valence-electron chi connectivity index (χ1n) is 6.84. The van der Waals surface area contributed by atoms with Crippen molar-refractivity contribution in [3.8, 4) is 0 Å². The first kappa shape index (κ1) is 17.8. The summed E-state index contributed by atoms with van der Waals surface area (Å²) in [5.74, 6) is 0.402. The van der Waals surface area contributed by atoms with E-state index in [0.29, 0.717) is 5.75 Å². The van der Waals surface area contributed by atoms with Crippen LogP contribution in [0.4, 0.5) is 0 Å². The molecule has 2 aromatic rings. The van der Waals surface area contributed by atoms with E-state index >= 15 is 0 Å². The molecule has 0 fully saturated rings. The Morgan fingerprint density at radius 3 is 2.65 bits per heavy atom. The molecule has 0 spiro atoms. The Kier molecular flexibility index (Phi) is 6.49. The lowest BCUT2D eigenvalue weighted by atomic mass is 10.4. The summed E-state index contributed by atoms with van der Waals surface area (Å²) < 4.78 is 2.33. The molecule has 0 atom stereocenters. The molecule has 9 heteroatoms. The Hall–Kier alpha value is -1.51. The first-order chi connectivity index (χ1) is 10.9. The summed E-state index contributed by atoms with van der Waals surface area (Å²) in [6, 6.07) is 5.66. The average Bonchev–Trinajstić information content (AvgIpc) is 3.02. The number of aromatic nitrogens is 2. The van der Waals surface area contributed by atoms with Gasteiger partial charge < -0.3 is 0 Å². The number of aryl methyl sites for hydroxylation is 2. The summed E-state index contributed by atoms with van der Waals surface area (Å²) in [7, 11) is 0. The highest BCUT2D eigenvalue weighted by Crippen LogP contribution is 2.24. The van der Waals surface area contributed by atoms with Crippen LogP contribution in [0.5, 0.6) is 0 Å². The van der Waals surface area contributed by atoms with Crippen molar-refractivity contribution < 1.29 is 9.59 Å². The molecular weight excluding hydrogens is 356 g/mol. The molecule has 0 unspecified atom stereocenters. The number of hydrogen-bond donors (Lipinski definition) is 2. The molecule has 2 N–H and O–H groups in total. The lowest BCUT2D eigenvalue weighted by Gasteiger charge is -2.08. The van der Waals surface area contributed by atoms with Crippen LogP contribution < -0.4 is 10.9 Å². The highest BCUT2D eigenvalue weighted by molar-refractivity contribution is 7.99. The van der Waals surface area contributed by atoms with Gasteiger partial charge in [0, 0.05) is 16.3 Å². The Balaban J connectivity index is 1.65. The van der Waals surface area contributed by atoms with Gasteiger partial charge in [0.1, 0.15) is 6.54 Å². The van der Waals surface area contributed by atoms with Crippen molar-refractivity contribution in [2.75, 3.05) is 5.75 Å². The fourth-order valence-electron chi connectivity index (χ4n) is 1.86. The number of halogens is 1. The summed E-state index contributed by atoms with van der Waals surface area (Å²) in [5, 5.41) is 4.19. The highest BCUT2D eigenvalue weighted by atomic mass is 35.5. The van der Waals surface area contributed by atoms with Crippen LogP contribution in [0.1, 0.15) is 16.3 Å². The molecule has 0 radical (unpaired) electrons. The maximum atomic E-state index is 11.8. The van der Waals surface area contributed by atoms with Gasteiger partial charge in [-0.05, 0) is 32.0 Å². The smallest absolute Gasteiger partial charge is 0.260 e. The number of rotatable bonds is 6. The van der Waals surface area contributed by atoms with Crippen LogP contribution in [-0.4, -0.2) is 27.3 Å². The topological polar surface area (TPSA) is 76.0 Å². The second-order valence-electron chi connectivity index (χ2n) is 4.88. The van der Waals surface area contributed by atoms with Crippen LogP contribution in [0.3, 0.4) is 0 Å². The SMILES string of the molecule is Cc1cc(C)n(CC(=O)NNC(=O)CSCc2ccc(Cl)s2)n1. The third kappa shape index (κ3) is 5.89. The van der Waals surface area contributed by atoms with Crippen LogP contribution in [0.25, 0.3) is 0 Å². The van der Waals surface area contributed by atoms with Crippen molar-refractivity contribution in [2.24, 2.45) is 0 Å². The van der Waals surface area contributed by atoms with Crippen LogP contribution in [0, 0.1) is 13.8 Å². The zero-order valence-corrected chi connectivity index (χ0v) is 15.1. The molecule has 0 saturated carbocycles. The molecule has 0 aliphatic carbocycles. The van der Waals surface area contributed by atoms with Gasteiger partial charge in [0.15, 0.2) is 0 Å². The molecule has 2 amide bonds. The van der Waals surface area contributed by atoms with E-state index in [1.807, 2.05) is 32.0 Å². The van der Waals surface area contributed by atoms with Gasteiger partial charge in [-0.3, -0.25) is 25.1 Å². The summed E-state index contributed by atoms with van der Waals surface area (Å²) in [5.41, 5.74) is 6.54. The lowest BCUT2D eigenvalue weighted by molar-refractivity contribution is -0.128. The fourth-order valence-corrected chi connectivity index (χ4v) is 3.89. The Bertz CT molecular complexity index is 699. The average molecular weight is 373 g/mol. The van der Waals surface area contributed by atoms with Crippen molar-refractivity contribution in [3.63, 3.8) is 0 Å². The van der Waals surface area contributed by atoms with E-state index in [2.05, 4.69) is 16.0 Å². The minimum absolute atomic E-state index is 0.0702. The van der Waals surface area contributed by atoms with Gasteiger partial charge >= 0.3 is 0 Å². The predicted molar refractivity (Wildman–Crippen MR) is 93.5 cm³/mol. The van der Waals surface area contributed by atoms with E-state index in [1.54, 1.807) is 4.68 Å². The van der Waals surface area contributed by atoms with Gasteiger partial charge in [-0.15, -0.1) is 23.1 Å². The molecule has 6 nitrogen and oxygen atoms in total. The monoisotopic (exact) mass is 372 g/mol. The number of nitrogens with zero attached hydrogens (tertiary/aromatic N) is 2. The van der Waals surface area contributed by atoms with Crippen LogP contribution >= 0.6 is 34.7 Å². The van der Waals surface area contributed by atoms with E-state index in [9.17, 15) is 9.59 Å². The summed E-state index contributed by atoms with van der Waals surface area (Å²) >= 11 is 8.80. The van der Waals surface area contributed by atoms with E-state index in [0.717, 1.165) is 20.6 Å². The number of hydrogen-bond acceptors (Lipinski definition) is 5. The van der Waals surface area contributed by atoms with Crippen LogP contribution in [0.15, 0.2) is 18.2 Å². The molecular formula is C14H17ClN4O2S2. The van der Waals surface area contributed by atoms with Crippen molar-refractivity contribution in [2.45, 2.75) is 26.1 Å². The highest BCUT2D eigenvalue weighted by Gasteiger charge is 2.09. The summed E-state index contributed by atoms with van der Waals surface area (Å²) in [6.07, 6.45) is 0. The first-order valence-corrected chi connectivity index (χ1v) is 9.19. The molecule has 23 heavy (non-hydrogen) atoms. The fraction of sp³-hybridized carbons (Fsp3) is 0.357. The van der Waals surface area contributed by atoms with Gasteiger partial charge in [-0.25, -0.2) is 0 Å². The van der Waals surface area contributed by atoms with Crippen molar-refractivity contribution >= 4 is 46.5 Å². The van der Waals surface area contributed by atoms with Crippen molar-refractivity contribution in [1.82, 2.24) is 20.6 Å². The minimum Gasteiger partial charge on any atom is -0.272 e. The third-order valence-electron chi connectivity index (χ3n) is 2.84. The second-order valence-corrected chi connectivity index (χ2v) is 7.66. The quantitative estimate of drug-likeness (QED) is 0.763. The van der Waals surface area contributed by atoms with Crippen LogP contribution in [0.2, 0.25) is 4.34 Å². The zero-order valence-electron chi connectivity index (χ0n) is 12.8. The maximum Gasteiger partial charge on any atom is 0.260 e. The normalized spacial score (nSPS) is 10.6. The molecule has 2 aromatic heterocycles. The maximum absolute atomic E-state index is 11.8. The molecule has 2 rings (SSSR count). The molecule has 2 heterocycles. The molecule has 0 saturated heterocycles. The molecule has 124 valence electrons. The number of carbonyl (C=O) groups excluding carboxylic acids is 2. The lowest BCUT2D eigenvalue weighted by Crippen LogP contribution is -2.44. The summed E-state index contributed by atoms with van der Waals surface area (Å²) in [4.78, 5) is 24.6. The number of thiophene rings is 1. The number of hydrazine groups is 1. The van der Waals surface area contributed by atoms with Crippen LogP contribution in [-0.2, 0) is 21.9 Å². The summed E-state index contributed by atoms with van der Waals surface area (Å²) in [6.45, 7) is 3.81. The molecule has 0 aromatic carbocycles. The largest absolute Gasteiger partial charge is 0.272 e. The standard InChI is InChI=1S/C14H17ClN4O2S2/c1-9-5-10(2)19(18-9)6-13(20)16-17-14(21)8-22-7-11-3-4-12(15)23-11/h3-5H,6-8H2,1-2H3,(H,16,20)(H,17,21). The van der Waals surface area contributed by atoms with Gasteiger partial charge in [-0.2, -0.15) is 5.10 Å². The Labute approximate surface area is 147 Å². The van der Waals surface area contributed by atoms with Gasteiger partial charge in [0.05, 0.1) is 15.8 Å². The van der Waals surface area contributed by atoms with Crippen molar-refractivity contribution in [3.05, 3.63) is 38.8 Å².